The number of benzene rings is 1. The minimum absolute atomic E-state index is 0.0755. The summed E-state index contributed by atoms with van der Waals surface area (Å²) in [4.78, 5) is 0. The quantitative estimate of drug-likeness (QED) is 0.864. The van der Waals surface area contributed by atoms with Gasteiger partial charge >= 0.3 is 0 Å². The van der Waals surface area contributed by atoms with Gasteiger partial charge in [0.2, 0.25) is 0 Å². The summed E-state index contributed by atoms with van der Waals surface area (Å²) in [6.07, 6.45) is 5.10. The summed E-state index contributed by atoms with van der Waals surface area (Å²) in [5.41, 5.74) is 1.26. The largest absolute Gasteiger partial charge is 0.487 e. The fourth-order valence-electron chi connectivity index (χ4n) is 3.60. The Hall–Kier alpha value is -1.02. The molecule has 0 spiro atoms. The lowest BCUT2D eigenvalue weighted by molar-refractivity contribution is 0.0626. The van der Waals surface area contributed by atoms with E-state index in [1.54, 1.807) is 0 Å². The molecule has 19 heavy (non-hydrogen) atoms. The van der Waals surface area contributed by atoms with Crippen molar-refractivity contribution in [1.29, 1.82) is 0 Å². The minimum Gasteiger partial charge on any atom is -0.487 e. The molecule has 3 unspecified atom stereocenters. The molecule has 1 heterocycles. The van der Waals surface area contributed by atoms with E-state index in [0.717, 1.165) is 18.1 Å². The Bertz CT molecular complexity index is 454. The number of ether oxygens (including phenoxy) is 1. The third-order valence-corrected chi connectivity index (χ3v) is 4.65. The molecule has 1 aliphatic carbocycles. The Morgan fingerprint density at radius 1 is 1.21 bits per heavy atom. The fourth-order valence-corrected chi connectivity index (χ4v) is 3.60. The molecule has 1 aliphatic heterocycles. The van der Waals surface area contributed by atoms with Crippen molar-refractivity contribution >= 4 is 0 Å². The molecule has 1 aromatic carbocycles. The van der Waals surface area contributed by atoms with Crippen LogP contribution in [-0.2, 0) is 0 Å². The SMILES string of the molecule is CC1CCCC1NC1CC(C)(C)Oc2ccccc21. The van der Waals surface area contributed by atoms with Crippen molar-refractivity contribution in [3.05, 3.63) is 29.8 Å². The smallest absolute Gasteiger partial charge is 0.124 e. The maximum absolute atomic E-state index is 6.10. The summed E-state index contributed by atoms with van der Waals surface area (Å²) >= 11 is 0. The van der Waals surface area contributed by atoms with Gasteiger partial charge in [0.15, 0.2) is 0 Å². The number of rotatable bonds is 2. The van der Waals surface area contributed by atoms with Gasteiger partial charge in [-0.05, 0) is 38.7 Å². The zero-order valence-electron chi connectivity index (χ0n) is 12.3. The van der Waals surface area contributed by atoms with E-state index in [9.17, 15) is 0 Å². The highest BCUT2D eigenvalue weighted by Gasteiger charge is 2.35. The maximum Gasteiger partial charge on any atom is 0.124 e. The van der Waals surface area contributed by atoms with Crippen LogP contribution in [-0.4, -0.2) is 11.6 Å². The zero-order valence-corrected chi connectivity index (χ0v) is 12.3. The Morgan fingerprint density at radius 2 is 2.00 bits per heavy atom. The van der Waals surface area contributed by atoms with Gasteiger partial charge in [0.25, 0.3) is 0 Å². The summed E-state index contributed by atoms with van der Waals surface area (Å²) in [7, 11) is 0. The Balaban J connectivity index is 1.84. The van der Waals surface area contributed by atoms with E-state index in [-0.39, 0.29) is 5.60 Å². The Morgan fingerprint density at radius 3 is 2.74 bits per heavy atom. The van der Waals surface area contributed by atoms with Crippen molar-refractivity contribution in [2.45, 2.75) is 64.1 Å². The molecule has 1 fully saturated rings. The molecule has 2 nitrogen and oxygen atoms in total. The predicted molar refractivity (Wildman–Crippen MR) is 78.4 cm³/mol. The van der Waals surface area contributed by atoms with Gasteiger partial charge in [0, 0.05) is 24.1 Å². The first kappa shape index (κ1) is 13.0. The van der Waals surface area contributed by atoms with Gasteiger partial charge in [-0.3, -0.25) is 0 Å². The highest BCUT2D eigenvalue weighted by molar-refractivity contribution is 5.38. The molecule has 104 valence electrons. The number of nitrogens with one attached hydrogen (secondary N) is 1. The van der Waals surface area contributed by atoms with Crippen molar-refractivity contribution in [3.8, 4) is 5.75 Å². The van der Waals surface area contributed by atoms with Crippen molar-refractivity contribution in [2.75, 3.05) is 0 Å². The standard InChI is InChI=1S/C17H25NO/c1-12-7-6-9-14(12)18-15-11-17(2,3)19-16-10-5-4-8-13(15)16/h4-5,8,10,12,14-15,18H,6-7,9,11H2,1-3H3. The van der Waals surface area contributed by atoms with Crippen molar-refractivity contribution in [2.24, 2.45) is 5.92 Å². The monoisotopic (exact) mass is 259 g/mol. The molecule has 0 radical (unpaired) electrons. The van der Waals surface area contributed by atoms with Crippen molar-refractivity contribution in [1.82, 2.24) is 5.32 Å². The molecule has 1 saturated carbocycles. The molecule has 3 atom stereocenters. The molecule has 3 rings (SSSR count). The van der Waals surface area contributed by atoms with E-state index in [2.05, 4.69) is 50.4 Å². The molecular weight excluding hydrogens is 234 g/mol. The minimum atomic E-state index is -0.0755. The molecular formula is C17H25NO. The Kier molecular flexibility index (Phi) is 3.30. The summed E-state index contributed by atoms with van der Waals surface area (Å²) in [5, 5.41) is 3.90. The van der Waals surface area contributed by atoms with Crippen LogP contribution in [0.25, 0.3) is 0 Å². The summed E-state index contributed by atoms with van der Waals surface area (Å²) in [6.45, 7) is 6.76. The van der Waals surface area contributed by atoms with Gasteiger partial charge in [-0.2, -0.15) is 0 Å². The highest BCUT2D eigenvalue weighted by Crippen LogP contribution is 2.40. The fraction of sp³-hybridized carbons (Fsp3) is 0.647. The first-order chi connectivity index (χ1) is 9.05. The van der Waals surface area contributed by atoms with Crippen LogP contribution in [0.3, 0.4) is 0 Å². The van der Waals surface area contributed by atoms with Crippen LogP contribution >= 0.6 is 0 Å². The van der Waals surface area contributed by atoms with Crippen LogP contribution in [0.5, 0.6) is 5.75 Å². The van der Waals surface area contributed by atoms with Gasteiger partial charge in [0.05, 0.1) is 0 Å². The average molecular weight is 259 g/mol. The molecule has 0 bridgehead atoms. The van der Waals surface area contributed by atoms with Gasteiger partial charge in [0.1, 0.15) is 11.4 Å². The second-order valence-corrected chi connectivity index (χ2v) is 6.84. The first-order valence-electron chi connectivity index (χ1n) is 7.59. The first-order valence-corrected chi connectivity index (χ1v) is 7.59. The normalized spacial score (nSPS) is 32.7. The summed E-state index contributed by atoms with van der Waals surface area (Å²) in [6, 6.07) is 9.60. The molecule has 0 aromatic heterocycles. The second-order valence-electron chi connectivity index (χ2n) is 6.84. The lowest BCUT2D eigenvalue weighted by Crippen LogP contribution is -2.43. The number of hydrogen-bond acceptors (Lipinski definition) is 2. The second kappa shape index (κ2) is 4.82. The Labute approximate surface area is 116 Å². The van der Waals surface area contributed by atoms with E-state index in [1.807, 2.05) is 0 Å². The molecule has 1 aromatic rings. The number of hydrogen-bond donors (Lipinski definition) is 1. The van der Waals surface area contributed by atoms with E-state index >= 15 is 0 Å². The van der Waals surface area contributed by atoms with Gasteiger partial charge in [-0.1, -0.05) is 31.5 Å². The average Bonchev–Trinajstić information content (AvgIpc) is 2.74. The van der Waals surface area contributed by atoms with Crippen molar-refractivity contribution in [3.63, 3.8) is 0 Å². The van der Waals surface area contributed by atoms with Gasteiger partial charge in [-0.15, -0.1) is 0 Å². The molecule has 0 amide bonds. The maximum atomic E-state index is 6.10. The molecule has 1 N–H and O–H groups in total. The van der Waals surface area contributed by atoms with Crippen LogP contribution in [0.1, 0.15) is 58.1 Å². The number of para-hydroxylation sites is 1. The highest BCUT2D eigenvalue weighted by atomic mass is 16.5. The van der Waals surface area contributed by atoms with Crippen LogP contribution in [0.4, 0.5) is 0 Å². The van der Waals surface area contributed by atoms with E-state index in [4.69, 9.17) is 4.74 Å². The van der Waals surface area contributed by atoms with Crippen LogP contribution < -0.4 is 10.1 Å². The van der Waals surface area contributed by atoms with Crippen molar-refractivity contribution < 1.29 is 4.74 Å². The lowest BCUT2D eigenvalue weighted by atomic mass is 9.88. The molecule has 0 saturated heterocycles. The van der Waals surface area contributed by atoms with Crippen LogP contribution in [0, 0.1) is 5.92 Å². The van der Waals surface area contributed by atoms with E-state index < -0.39 is 0 Å². The van der Waals surface area contributed by atoms with Crippen LogP contribution in [0.15, 0.2) is 24.3 Å². The lowest BCUT2D eigenvalue weighted by Gasteiger charge is -2.39. The molecule has 2 aliphatic rings. The summed E-state index contributed by atoms with van der Waals surface area (Å²) < 4.78 is 6.10. The van der Waals surface area contributed by atoms with E-state index in [1.165, 1.54) is 24.8 Å². The zero-order chi connectivity index (χ0) is 13.5. The number of fused-ring (bicyclic) bond motifs is 1. The third-order valence-electron chi connectivity index (χ3n) is 4.65. The van der Waals surface area contributed by atoms with Gasteiger partial charge in [-0.25, -0.2) is 0 Å². The predicted octanol–water partition coefficient (Wildman–Crippen LogP) is 4.07. The molecule has 2 heteroatoms. The third kappa shape index (κ3) is 2.64. The van der Waals surface area contributed by atoms with Crippen LogP contribution in [0.2, 0.25) is 0 Å². The van der Waals surface area contributed by atoms with E-state index in [0.29, 0.717) is 12.1 Å². The van der Waals surface area contributed by atoms with Gasteiger partial charge < -0.3 is 10.1 Å². The topological polar surface area (TPSA) is 21.3 Å². The summed E-state index contributed by atoms with van der Waals surface area (Å²) in [5.74, 6) is 1.86.